The third-order valence-electron chi connectivity index (χ3n) is 4.38. The van der Waals surface area contributed by atoms with E-state index in [0.29, 0.717) is 5.92 Å². The van der Waals surface area contributed by atoms with E-state index in [4.69, 9.17) is 4.74 Å². The predicted octanol–water partition coefficient (Wildman–Crippen LogP) is 3.71. The van der Waals surface area contributed by atoms with Crippen LogP contribution in [0.2, 0.25) is 0 Å². The first-order valence-corrected chi connectivity index (χ1v) is 7.13. The molecule has 0 radical (unpaired) electrons. The van der Waals surface area contributed by atoms with E-state index >= 15 is 0 Å². The SMILES string of the molecule is CCN[C@@]1(c2ccccc2OC)CCCCC1C. The van der Waals surface area contributed by atoms with Crippen LogP contribution in [-0.4, -0.2) is 13.7 Å². The Bertz CT molecular complexity index is 386. The molecule has 1 unspecified atom stereocenters. The summed E-state index contributed by atoms with van der Waals surface area (Å²) in [5, 5.41) is 3.76. The first-order valence-electron chi connectivity index (χ1n) is 7.13. The van der Waals surface area contributed by atoms with Crippen LogP contribution in [0.1, 0.15) is 45.1 Å². The van der Waals surface area contributed by atoms with Gasteiger partial charge in [0.05, 0.1) is 7.11 Å². The number of hydrogen-bond donors (Lipinski definition) is 1. The van der Waals surface area contributed by atoms with Gasteiger partial charge in [0.1, 0.15) is 5.75 Å². The number of benzene rings is 1. The molecule has 100 valence electrons. The van der Waals surface area contributed by atoms with Crippen molar-refractivity contribution in [1.29, 1.82) is 0 Å². The lowest BCUT2D eigenvalue weighted by atomic mass is 9.69. The summed E-state index contributed by atoms with van der Waals surface area (Å²) < 4.78 is 5.58. The van der Waals surface area contributed by atoms with Crippen LogP contribution < -0.4 is 10.1 Å². The molecule has 0 aromatic heterocycles. The molecule has 2 rings (SSSR count). The standard InChI is InChI=1S/C16H25NO/c1-4-17-16(12-8-7-9-13(16)2)14-10-5-6-11-15(14)18-3/h5-6,10-11,13,17H,4,7-9,12H2,1-3H3/t13?,16-/m0/s1. The van der Waals surface area contributed by atoms with Gasteiger partial charge in [0.25, 0.3) is 0 Å². The van der Waals surface area contributed by atoms with Gasteiger partial charge in [-0.2, -0.15) is 0 Å². The zero-order valence-corrected chi connectivity index (χ0v) is 11.8. The Labute approximate surface area is 111 Å². The van der Waals surface area contributed by atoms with Crippen LogP contribution in [0.4, 0.5) is 0 Å². The number of ether oxygens (including phenoxy) is 1. The molecule has 1 N–H and O–H groups in total. The molecule has 0 aliphatic heterocycles. The van der Waals surface area contributed by atoms with E-state index in [1.165, 1.54) is 31.2 Å². The largest absolute Gasteiger partial charge is 0.496 e. The van der Waals surface area contributed by atoms with Crippen molar-refractivity contribution in [2.45, 2.75) is 45.1 Å². The predicted molar refractivity (Wildman–Crippen MR) is 76.0 cm³/mol. The average molecular weight is 247 g/mol. The van der Waals surface area contributed by atoms with Crippen LogP contribution in [0.15, 0.2) is 24.3 Å². The number of nitrogens with one attached hydrogen (secondary N) is 1. The Morgan fingerprint density at radius 3 is 2.78 bits per heavy atom. The molecule has 1 saturated carbocycles. The molecular weight excluding hydrogens is 222 g/mol. The van der Waals surface area contributed by atoms with Crippen LogP contribution in [0.5, 0.6) is 5.75 Å². The molecule has 0 saturated heterocycles. The van der Waals surface area contributed by atoms with Crippen LogP contribution >= 0.6 is 0 Å². The quantitative estimate of drug-likeness (QED) is 0.875. The zero-order valence-electron chi connectivity index (χ0n) is 11.8. The second-order valence-corrected chi connectivity index (χ2v) is 5.35. The number of hydrogen-bond acceptors (Lipinski definition) is 2. The second kappa shape index (κ2) is 5.75. The number of para-hydroxylation sites is 1. The summed E-state index contributed by atoms with van der Waals surface area (Å²) in [5.41, 5.74) is 1.43. The number of methoxy groups -OCH3 is 1. The van der Waals surface area contributed by atoms with Crippen molar-refractivity contribution in [1.82, 2.24) is 5.32 Å². The highest BCUT2D eigenvalue weighted by Gasteiger charge is 2.40. The summed E-state index contributed by atoms with van der Waals surface area (Å²) in [6, 6.07) is 8.48. The summed E-state index contributed by atoms with van der Waals surface area (Å²) in [5.74, 6) is 1.68. The van der Waals surface area contributed by atoms with Gasteiger partial charge in [0, 0.05) is 11.1 Å². The molecule has 0 spiro atoms. The molecule has 2 heteroatoms. The molecule has 2 atom stereocenters. The number of rotatable bonds is 4. The fraction of sp³-hybridized carbons (Fsp3) is 0.625. The Morgan fingerprint density at radius 1 is 1.33 bits per heavy atom. The van der Waals surface area contributed by atoms with E-state index in [9.17, 15) is 0 Å². The maximum absolute atomic E-state index is 5.58. The van der Waals surface area contributed by atoms with E-state index in [1.54, 1.807) is 7.11 Å². The first kappa shape index (κ1) is 13.4. The Morgan fingerprint density at radius 2 is 2.11 bits per heavy atom. The highest BCUT2D eigenvalue weighted by atomic mass is 16.5. The van der Waals surface area contributed by atoms with Crippen molar-refractivity contribution in [3.8, 4) is 5.75 Å². The Balaban J connectivity index is 2.45. The van der Waals surface area contributed by atoms with Crippen LogP contribution in [0.3, 0.4) is 0 Å². The highest BCUT2D eigenvalue weighted by Crippen LogP contribution is 2.44. The zero-order chi connectivity index (χ0) is 13.0. The molecule has 1 aliphatic rings. The summed E-state index contributed by atoms with van der Waals surface area (Å²) in [6.45, 7) is 5.56. The summed E-state index contributed by atoms with van der Waals surface area (Å²) in [4.78, 5) is 0. The van der Waals surface area contributed by atoms with Crippen molar-refractivity contribution in [2.24, 2.45) is 5.92 Å². The van der Waals surface area contributed by atoms with E-state index < -0.39 is 0 Å². The van der Waals surface area contributed by atoms with Crippen molar-refractivity contribution in [3.63, 3.8) is 0 Å². The van der Waals surface area contributed by atoms with Gasteiger partial charge in [-0.05, 0) is 31.4 Å². The molecule has 0 heterocycles. The summed E-state index contributed by atoms with van der Waals surface area (Å²) in [6.07, 6.45) is 5.16. The maximum atomic E-state index is 5.58. The smallest absolute Gasteiger partial charge is 0.123 e. The average Bonchev–Trinajstić information content (AvgIpc) is 2.42. The minimum absolute atomic E-state index is 0.0968. The van der Waals surface area contributed by atoms with Crippen LogP contribution in [0.25, 0.3) is 0 Å². The Kier molecular flexibility index (Phi) is 4.28. The fourth-order valence-electron chi connectivity index (χ4n) is 3.43. The summed E-state index contributed by atoms with van der Waals surface area (Å²) in [7, 11) is 1.77. The van der Waals surface area contributed by atoms with E-state index in [0.717, 1.165) is 12.3 Å². The monoisotopic (exact) mass is 247 g/mol. The first-order chi connectivity index (χ1) is 8.74. The molecule has 1 fully saturated rings. The van der Waals surface area contributed by atoms with Gasteiger partial charge in [-0.25, -0.2) is 0 Å². The molecule has 1 aromatic rings. The van der Waals surface area contributed by atoms with E-state index in [-0.39, 0.29) is 5.54 Å². The highest BCUT2D eigenvalue weighted by molar-refractivity contribution is 5.40. The second-order valence-electron chi connectivity index (χ2n) is 5.35. The van der Waals surface area contributed by atoms with Gasteiger partial charge in [-0.1, -0.05) is 44.9 Å². The van der Waals surface area contributed by atoms with Gasteiger partial charge in [0.15, 0.2) is 0 Å². The van der Waals surface area contributed by atoms with Crippen LogP contribution in [-0.2, 0) is 5.54 Å². The van der Waals surface area contributed by atoms with Crippen molar-refractivity contribution in [2.75, 3.05) is 13.7 Å². The molecular formula is C16H25NO. The topological polar surface area (TPSA) is 21.3 Å². The van der Waals surface area contributed by atoms with E-state index in [2.05, 4.69) is 43.4 Å². The molecule has 0 bridgehead atoms. The molecule has 0 amide bonds. The third-order valence-corrected chi connectivity index (χ3v) is 4.38. The van der Waals surface area contributed by atoms with Gasteiger partial charge in [-0.3, -0.25) is 0 Å². The van der Waals surface area contributed by atoms with Gasteiger partial charge >= 0.3 is 0 Å². The van der Waals surface area contributed by atoms with Crippen molar-refractivity contribution >= 4 is 0 Å². The third kappa shape index (κ3) is 2.26. The minimum Gasteiger partial charge on any atom is -0.496 e. The molecule has 2 nitrogen and oxygen atoms in total. The van der Waals surface area contributed by atoms with Gasteiger partial charge in [0.2, 0.25) is 0 Å². The maximum Gasteiger partial charge on any atom is 0.123 e. The molecule has 1 aliphatic carbocycles. The molecule has 18 heavy (non-hydrogen) atoms. The van der Waals surface area contributed by atoms with Gasteiger partial charge in [-0.15, -0.1) is 0 Å². The minimum atomic E-state index is 0.0968. The lowest BCUT2D eigenvalue weighted by molar-refractivity contribution is 0.152. The van der Waals surface area contributed by atoms with Gasteiger partial charge < -0.3 is 10.1 Å². The summed E-state index contributed by atoms with van der Waals surface area (Å²) >= 11 is 0. The van der Waals surface area contributed by atoms with Crippen molar-refractivity contribution in [3.05, 3.63) is 29.8 Å². The van der Waals surface area contributed by atoms with E-state index in [1.807, 2.05) is 0 Å². The Hall–Kier alpha value is -1.02. The molecule has 1 aromatic carbocycles. The normalized spacial score (nSPS) is 28.1. The fourth-order valence-corrected chi connectivity index (χ4v) is 3.43. The lowest BCUT2D eigenvalue weighted by Crippen LogP contribution is -2.49. The van der Waals surface area contributed by atoms with Crippen LogP contribution in [0, 0.1) is 5.92 Å². The lowest BCUT2D eigenvalue weighted by Gasteiger charge is -2.44. The van der Waals surface area contributed by atoms with Crippen molar-refractivity contribution < 1.29 is 4.74 Å².